The maximum absolute atomic E-state index is 13.8. The predicted octanol–water partition coefficient (Wildman–Crippen LogP) is 3.14. The summed E-state index contributed by atoms with van der Waals surface area (Å²) in [5.41, 5.74) is 6.43. The summed E-state index contributed by atoms with van der Waals surface area (Å²) in [6.07, 6.45) is 0. The molecular formula is C12H7ClF2N4. The molecular weight excluding hydrogens is 274 g/mol. The molecule has 0 radical (unpaired) electrons. The molecule has 0 aliphatic rings. The van der Waals surface area contributed by atoms with Crippen LogP contribution in [-0.2, 0) is 0 Å². The van der Waals surface area contributed by atoms with Gasteiger partial charge in [-0.3, -0.25) is 0 Å². The fraction of sp³-hybridized carbons (Fsp3) is 0. The molecule has 4 nitrogen and oxygen atoms in total. The molecule has 0 bridgehead atoms. The van der Waals surface area contributed by atoms with Gasteiger partial charge in [-0.15, -0.1) is 0 Å². The summed E-state index contributed by atoms with van der Waals surface area (Å²) in [4.78, 5) is 10.9. The van der Waals surface area contributed by atoms with E-state index in [-0.39, 0.29) is 16.4 Å². The maximum atomic E-state index is 13.8. The minimum absolute atomic E-state index is 0.0153. The predicted molar refractivity (Wildman–Crippen MR) is 68.7 cm³/mol. The molecule has 3 rings (SSSR count). The monoisotopic (exact) mass is 280 g/mol. The number of hydrogen-bond acceptors (Lipinski definition) is 3. The van der Waals surface area contributed by atoms with Crippen molar-refractivity contribution in [2.45, 2.75) is 0 Å². The number of aromatic amines is 1. The van der Waals surface area contributed by atoms with Gasteiger partial charge in [0.1, 0.15) is 23.3 Å². The Kier molecular flexibility index (Phi) is 2.60. The number of H-pyrrole nitrogens is 1. The Bertz CT molecular complexity index is 785. The van der Waals surface area contributed by atoms with Crippen LogP contribution in [0.3, 0.4) is 0 Å². The van der Waals surface area contributed by atoms with Crippen molar-refractivity contribution >= 4 is 28.6 Å². The highest BCUT2D eigenvalue weighted by atomic mass is 35.5. The van der Waals surface area contributed by atoms with E-state index in [1.54, 1.807) is 12.1 Å². The SMILES string of the molecule is Nc1ccc2[nH]c(-c3cc(F)c(Cl)cc3F)nc2n1. The Morgan fingerprint density at radius 1 is 1.11 bits per heavy atom. The molecule has 3 aromatic rings. The lowest BCUT2D eigenvalue weighted by Crippen LogP contribution is -1.90. The van der Waals surface area contributed by atoms with Gasteiger partial charge in [-0.1, -0.05) is 11.6 Å². The van der Waals surface area contributed by atoms with E-state index in [2.05, 4.69) is 15.0 Å². The highest BCUT2D eigenvalue weighted by Gasteiger charge is 2.14. The number of hydrogen-bond donors (Lipinski definition) is 2. The zero-order valence-electron chi connectivity index (χ0n) is 9.42. The quantitative estimate of drug-likeness (QED) is 0.673. The van der Waals surface area contributed by atoms with Gasteiger partial charge in [0.2, 0.25) is 0 Å². The minimum Gasteiger partial charge on any atom is -0.384 e. The molecule has 0 spiro atoms. The number of nitrogens with two attached hydrogens (primary N) is 1. The van der Waals surface area contributed by atoms with E-state index >= 15 is 0 Å². The van der Waals surface area contributed by atoms with E-state index in [1.807, 2.05) is 0 Å². The van der Waals surface area contributed by atoms with Gasteiger partial charge in [0.15, 0.2) is 5.65 Å². The first-order valence-corrected chi connectivity index (χ1v) is 5.69. The largest absolute Gasteiger partial charge is 0.384 e. The van der Waals surface area contributed by atoms with E-state index in [0.29, 0.717) is 17.0 Å². The summed E-state index contributed by atoms with van der Waals surface area (Å²) in [6, 6.07) is 5.14. The first-order chi connectivity index (χ1) is 9.04. The molecule has 2 heterocycles. The summed E-state index contributed by atoms with van der Waals surface area (Å²) in [7, 11) is 0. The Morgan fingerprint density at radius 2 is 1.89 bits per heavy atom. The van der Waals surface area contributed by atoms with Crippen LogP contribution in [0.1, 0.15) is 0 Å². The van der Waals surface area contributed by atoms with Crippen molar-refractivity contribution in [3.63, 3.8) is 0 Å². The molecule has 0 saturated carbocycles. The minimum atomic E-state index is -0.717. The molecule has 0 atom stereocenters. The van der Waals surface area contributed by atoms with Crippen LogP contribution in [0.15, 0.2) is 24.3 Å². The molecule has 0 saturated heterocycles. The van der Waals surface area contributed by atoms with Gasteiger partial charge in [-0.25, -0.2) is 18.7 Å². The third-order valence-electron chi connectivity index (χ3n) is 2.63. The summed E-state index contributed by atoms with van der Waals surface area (Å²) in [5, 5.41) is -0.278. The van der Waals surface area contributed by atoms with E-state index in [4.69, 9.17) is 17.3 Å². The van der Waals surface area contributed by atoms with Crippen LogP contribution in [0.5, 0.6) is 0 Å². The van der Waals surface area contributed by atoms with Crippen LogP contribution in [0, 0.1) is 11.6 Å². The number of aromatic nitrogens is 3. The Labute approximate surface area is 111 Å². The fourth-order valence-electron chi connectivity index (χ4n) is 1.74. The van der Waals surface area contributed by atoms with Crippen molar-refractivity contribution in [1.29, 1.82) is 0 Å². The second-order valence-corrected chi connectivity index (χ2v) is 4.35. The standard InChI is InChI=1S/C12H7ClF2N4/c13-6-4-7(14)5(3-8(6)15)11-17-9-1-2-10(16)18-12(9)19-11/h1-4H,(H3,16,17,18,19). The molecule has 0 unspecified atom stereocenters. The van der Waals surface area contributed by atoms with Crippen LogP contribution in [0.4, 0.5) is 14.6 Å². The van der Waals surface area contributed by atoms with Crippen LogP contribution in [-0.4, -0.2) is 15.0 Å². The van der Waals surface area contributed by atoms with Crippen molar-refractivity contribution < 1.29 is 8.78 Å². The zero-order valence-corrected chi connectivity index (χ0v) is 10.2. The van der Waals surface area contributed by atoms with Crippen molar-refractivity contribution in [1.82, 2.24) is 15.0 Å². The number of rotatable bonds is 1. The summed E-state index contributed by atoms with van der Waals surface area (Å²) in [5.74, 6) is -0.918. The number of imidazole rings is 1. The molecule has 7 heteroatoms. The first kappa shape index (κ1) is 11.9. The Balaban J connectivity index is 2.21. The van der Waals surface area contributed by atoms with E-state index in [9.17, 15) is 8.78 Å². The molecule has 1 aromatic carbocycles. The molecule has 96 valence electrons. The van der Waals surface area contributed by atoms with Gasteiger partial charge in [-0.05, 0) is 24.3 Å². The molecule has 0 amide bonds. The number of nitrogens with one attached hydrogen (secondary N) is 1. The lowest BCUT2D eigenvalue weighted by atomic mass is 10.2. The lowest BCUT2D eigenvalue weighted by molar-refractivity contribution is 0.602. The normalized spacial score (nSPS) is 11.1. The number of fused-ring (bicyclic) bond motifs is 1. The van der Waals surface area contributed by atoms with Crippen molar-refractivity contribution in [2.24, 2.45) is 0 Å². The molecule has 0 aliphatic heterocycles. The second kappa shape index (κ2) is 4.17. The number of pyridine rings is 1. The van der Waals surface area contributed by atoms with Gasteiger partial charge in [0.05, 0.1) is 16.1 Å². The van der Waals surface area contributed by atoms with Gasteiger partial charge in [-0.2, -0.15) is 0 Å². The van der Waals surface area contributed by atoms with Gasteiger partial charge >= 0.3 is 0 Å². The van der Waals surface area contributed by atoms with Gasteiger partial charge in [0, 0.05) is 0 Å². The molecule has 19 heavy (non-hydrogen) atoms. The second-order valence-electron chi connectivity index (χ2n) is 3.94. The first-order valence-electron chi connectivity index (χ1n) is 5.32. The Morgan fingerprint density at radius 3 is 2.68 bits per heavy atom. The Hall–Kier alpha value is -2.21. The van der Waals surface area contributed by atoms with Crippen molar-refractivity contribution in [2.75, 3.05) is 5.73 Å². The lowest BCUT2D eigenvalue weighted by Gasteiger charge is -2.01. The number of benzene rings is 1. The molecule has 0 fully saturated rings. The molecule has 3 N–H and O–H groups in total. The molecule has 0 aliphatic carbocycles. The maximum Gasteiger partial charge on any atom is 0.180 e. The average molecular weight is 281 g/mol. The zero-order chi connectivity index (χ0) is 13.6. The topological polar surface area (TPSA) is 67.6 Å². The van der Waals surface area contributed by atoms with Crippen LogP contribution in [0.2, 0.25) is 5.02 Å². The highest BCUT2D eigenvalue weighted by Crippen LogP contribution is 2.27. The van der Waals surface area contributed by atoms with E-state index in [0.717, 1.165) is 12.1 Å². The number of halogens is 3. The van der Waals surface area contributed by atoms with Gasteiger partial charge < -0.3 is 10.7 Å². The van der Waals surface area contributed by atoms with Gasteiger partial charge in [0.25, 0.3) is 0 Å². The van der Waals surface area contributed by atoms with Crippen molar-refractivity contribution in [3.05, 3.63) is 40.9 Å². The van der Waals surface area contributed by atoms with E-state index < -0.39 is 11.6 Å². The van der Waals surface area contributed by atoms with E-state index in [1.165, 1.54) is 0 Å². The average Bonchev–Trinajstić information content (AvgIpc) is 2.76. The highest BCUT2D eigenvalue weighted by molar-refractivity contribution is 6.30. The summed E-state index contributed by atoms with van der Waals surface area (Å²) >= 11 is 5.50. The summed E-state index contributed by atoms with van der Waals surface area (Å²) < 4.78 is 27.2. The smallest absolute Gasteiger partial charge is 0.180 e. The number of nitrogens with zero attached hydrogens (tertiary/aromatic N) is 2. The van der Waals surface area contributed by atoms with Crippen molar-refractivity contribution in [3.8, 4) is 11.4 Å². The van der Waals surface area contributed by atoms with Crippen LogP contribution < -0.4 is 5.73 Å². The summed E-state index contributed by atoms with van der Waals surface area (Å²) in [6.45, 7) is 0. The third-order valence-corrected chi connectivity index (χ3v) is 2.92. The third kappa shape index (κ3) is 2.00. The number of anilines is 1. The van der Waals surface area contributed by atoms with Crippen LogP contribution >= 0.6 is 11.6 Å². The fourth-order valence-corrected chi connectivity index (χ4v) is 1.89. The molecule has 2 aromatic heterocycles. The van der Waals surface area contributed by atoms with Crippen LogP contribution in [0.25, 0.3) is 22.6 Å². The number of nitrogen functional groups attached to an aromatic ring is 1.